The molecule has 1 atom stereocenters. The number of hydrogen-bond acceptors (Lipinski definition) is 4. The summed E-state index contributed by atoms with van der Waals surface area (Å²) in [5, 5.41) is 22.6. The minimum atomic E-state index is -0.114. The Hall–Kier alpha value is -2.20. The molecule has 0 saturated heterocycles. The molecule has 0 amide bonds. The smallest absolute Gasteiger partial charge is 0.157 e. The molecule has 4 nitrogen and oxygen atoms in total. The van der Waals surface area contributed by atoms with Crippen LogP contribution in [0, 0.1) is 0 Å². The van der Waals surface area contributed by atoms with Crippen molar-refractivity contribution < 1.29 is 14.9 Å². The average molecular weight is 287 g/mol. The Morgan fingerprint density at radius 2 is 1.52 bits per heavy atom. The van der Waals surface area contributed by atoms with Crippen LogP contribution in [0.1, 0.15) is 31.0 Å². The van der Waals surface area contributed by atoms with Gasteiger partial charge >= 0.3 is 0 Å². The van der Waals surface area contributed by atoms with Crippen LogP contribution in [0.4, 0.5) is 0 Å². The van der Waals surface area contributed by atoms with Gasteiger partial charge in [0.25, 0.3) is 0 Å². The lowest BCUT2D eigenvalue weighted by molar-refractivity contribution is 0.402. The minimum absolute atomic E-state index is 0.0672. The number of methoxy groups -OCH3 is 1. The van der Waals surface area contributed by atoms with Gasteiger partial charge in [-0.05, 0) is 49.2 Å². The highest BCUT2D eigenvalue weighted by Gasteiger charge is 2.16. The monoisotopic (exact) mass is 287 g/mol. The molecule has 0 bridgehead atoms. The maximum atomic E-state index is 9.71. The van der Waals surface area contributed by atoms with Crippen LogP contribution in [0.3, 0.4) is 0 Å². The van der Waals surface area contributed by atoms with Gasteiger partial charge in [0, 0.05) is 6.04 Å². The summed E-state index contributed by atoms with van der Waals surface area (Å²) in [5.41, 5.74) is 1.96. The summed E-state index contributed by atoms with van der Waals surface area (Å²) in [5.74, 6) is 0.573. The summed E-state index contributed by atoms with van der Waals surface area (Å²) in [6.07, 6.45) is 0. The lowest BCUT2D eigenvalue weighted by atomic mass is 9.97. The predicted octanol–water partition coefficient (Wildman–Crippen LogP) is 3.19. The topological polar surface area (TPSA) is 61.7 Å². The molecule has 0 fully saturated rings. The molecule has 2 aromatic carbocycles. The van der Waals surface area contributed by atoms with Gasteiger partial charge in [-0.3, -0.25) is 0 Å². The summed E-state index contributed by atoms with van der Waals surface area (Å²) in [7, 11) is 1.64. The van der Waals surface area contributed by atoms with Crippen LogP contribution in [0.15, 0.2) is 42.5 Å². The van der Waals surface area contributed by atoms with E-state index in [1.807, 2.05) is 24.3 Å². The molecule has 0 aliphatic heterocycles. The number of rotatable bonds is 5. The first-order valence-electron chi connectivity index (χ1n) is 6.93. The Bertz CT molecular complexity index is 593. The van der Waals surface area contributed by atoms with Crippen molar-refractivity contribution in [3.8, 4) is 17.2 Å². The van der Waals surface area contributed by atoms with Crippen LogP contribution in [0.5, 0.6) is 17.2 Å². The van der Waals surface area contributed by atoms with Crippen molar-refractivity contribution in [2.24, 2.45) is 0 Å². The second-order valence-electron chi connectivity index (χ2n) is 5.28. The molecule has 2 rings (SSSR count). The second-order valence-corrected chi connectivity index (χ2v) is 5.28. The summed E-state index contributed by atoms with van der Waals surface area (Å²) in [6, 6.07) is 12.9. The molecule has 21 heavy (non-hydrogen) atoms. The fourth-order valence-electron chi connectivity index (χ4n) is 2.23. The van der Waals surface area contributed by atoms with Gasteiger partial charge in [0.2, 0.25) is 0 Å². The van der Waals surface area contributed by atoms with Gasteiger partial charge < -0.3 is 20.3 Å². The quantitative estimate of drug-likeness (QED) is 0.739. The molecule has 2 aromatic rings. The Balaban J connectivity index is 2.38. The molecular weight excluding hydrogens is 266 g/mol. The van der Waals surface area contributed by atoms with E-state index in [0.29, 0.717) is 0 Å². The summed E-state index contributed by atoms with van der Waals surface area (Å²) < 4.78 is 5.18. The highest BCUT2D eigenvalue weighted by molar-refractivity contribution is 5.44. The van der Waals surface area contributed by atoms with Crippen LogP contribution in [0.25, 0.3) is 0 Å². The third-order valence-electron chi connectivity index (χ3n) is 3.28. The van der Waals surface area contributed by atoms with Gasteiger partial charge in [-0.1, -0.05) is 18.2 Å². The van der Waals surface area contributed by atoms with E-state index in [0.717, 1.165) is 16.9 Å². The molecule has 112 valence electrons. The van der Waals surface area contributed by atoms with Crippen LogP contribution in [-0.2, 0) is 0 Å². The zero-order valence-electron chi connectivity index (χ0n) is 12.5. The van der Waals surface area contributed by atoms with E-state index in [9.17, 15) is 10.2 Å². The maximum absolute atomic E-state index is 9.71. The van der Waals surface area contributed by atoms with Crippen LogP contribution in [-0.4, -0.2) is 23.4 Å². The maximum Gasteiger partial charge on any atom is 0.157 e. The number of phenols is 2. The zero-order valence-corrected chi connectivity index (χ0v) is 12.5. The third kappa shape index (κ3) is 3.67. The van der Waals surface area contributed by atoms with Crippen LogP contribution < -0.4 is 10.1 Å². The van der Waals surface area contributed by atoms with Crippen molar-refractivity contribution in [3.05, 3.63) is 53.6 Å². The van der Waals surface area contributed by atoms with Crippen molar-refractivity contribution in [2.45, 2.75) is 25.9 Å². The van der Waals surface area contributed by atoms with E-state index >= 15 is 0 Å². The van der Waals surface area contributed by atoms with E-state index in [2.05, 4.69) is 19.2 Å². The number of ether oxygens (including phenoxy) is 1. The Morgan fingerprint density at radius 3 is 2.05 bits per heavy atom. The molecule has 0 aliphatic carbocycles. The van der Waals surface area contributed by atoms with Gasteiger partial charge in [-0.25, -0.2) is 0 Å². The van der Waals surface area contributed by atoms with Crippen molar-refractivity contribution in [1.82, 2.24) is 5.32 Å². The standard InChI is InChI=1S/C17H21NO3/c1-11(2)18-17(12-4-7-14(21-3)8-5-12)13-6-9-15(19)16(20)10-13/h4-11,17-20H,1-3H3. The molecule has 0 aliphatic rings. The first-order chi connectivity index (χ1) is 10.0. The van der Waals surface area contributed by atoms with Crippen LogP contribution >= 0.6 is 0 Å². The lowest BCUT2D eigenvalue weighted by Gasteiger charge is -2.23. The van der Waals surface area contributed by atoms with Gasteiger partial charge in [0.15, 0.2) is 11.5 Å². The fourth-order valence-corrected chi connectivity index (χ4v) is 2.23. The third-order valence-corrected chi connectivity index (χ3v) is 3.28. The molecule has 3 N–H and O–H groups in total. The second kappa shape index (κ2) is 6.50. The van der Waals surface area contributed by atoms with E-state index in [4.69, 9.17) is 4.74 Å². The summed E-state index contributed by atoms with van der Waals surface area (Å²) in [4.78, 5) is 0. The van der Waals surface area contributed by atoms with E-state index in [-0.39, 0.29) is 23.6 Å². The van der Waals surface area contributed by atoms with Gasteiger partial charge in [0.05, 0.1) is 13.2 Å². The number of phenolic OH excluding ortho intramolecular Hbond substituents is 2. The Morgan fingerprint density at radius 1 is 0.905 bits per heavy atom. The van der Waals surface area contributed by atoms with E-state index in [1.54, 1.807) is 19.2 Å². The SMILES string of the molecule is COc1ccc(C(NC(C)C)c2ccc(O)c(O)c2)cc1. The largest absolute Gasteiger partial charge is 0.504 e. The van der Waals surface area contributed by atoms with Crippen molar-refractivity contribution in [3.63, 3.8) is 0 Å². The molecule has 0 heterocycles. The fraction of sp³-hybridized carbons (Fsp3) is 0.294. The first kappa shape index (κ1) is 15.2. The number of nitrogens with one attached hydrogen (secondary N) is 1. The highest BCUT2D eigenvalue weighted by Crippen LogP contribution is 2.31. The highest BCUT2D eigenvalue weighted by atomic mass is 16.5. The molecule has 1 unspecified atom stereocenters. The molecule has 4 heteroatoms. The molecule has 0 spiro atoms. The number of benzene rings is 2. The Kier molecular flexibility index (Phi) is 4.70. The normalized spacial score (nSPS) is 12.4. The minimum Gasteiger partial charge on any atom is -0.504 e. The van der Waals surface area contributed by atoms with Crippen molar-refractivity contribution >= 4 is 0 Å². The van der Waals surface area contributed by atoms with E-state index in [1.165, 1.54) is 6.07 Å². The zero-order chi connectivity index (χ0) is 15.4. The summed E-state index contributed by atoms with van der Waals surface area (Å²) >= 11 is 0. The molecule has 0 radical (unpaired) electrons. The number of hydrogen-bond donors (Lipinski definition) is 3. The van der Waals surface area contributed by atoms with E-state index < -0.39 is 0 Å². The summed E-state index contributed by atoms with van der Waals surface area (Å²) in [6.45, 7) is 4.13. The molecule has 0 aromatic heterocycles. The Labute approximate surface area is 125 Å². The molecule has 0 saturated carbocycles. The van der Waals surface area contributed by atoms with Gasteiger partial charge in [-0.15, -0.1) is 0 Å². The predicted molar refractivity (Wildman–Crippen MR) is 82.9 cm³/mol. The van der Waals surface area contributed by atoms with Gasteiger partial charge in [0.1, 0.15) is 5.75 Å². The average Bonchev–Trinajstić information content (AvgIpc) is 2.48. The molecular formula is C17H21NO3. The van der Waals surface area contributed by atoms with Crippen molar-refractivity contribution in [1.29, 1.82) is 0 Å². The van der Waals surface area contributed by atoms with Crippen LogP contribution in [0.2, 0.25) is 0 Å². The first-order valence-corrected chi connectivity index (χ1v) is 6.93. The number of aromatic hydroxyl groups is 2. The van der Waals surface area contributed by atoms with Crippen molar-refractivity contribution in [2.75, 3.05) is 7.11 Å². The van der Waals surface area contributed by atoms with Gasteiger partial charge in [-0.2, -0.15) is 0 Å². The lowest BCUT2D eigenvalue weighted by Crippen LogP contribution is -2.28.